The van der Waals surface area contributed by atoms with Gasteiger partial charge in [0.2, 0.25) is 5.91 Å². The van der Waals surface area contributed by atoms with Gasteiger partial charge < -0.3 is 10.2 Å². The lowest BCUT2D eigenvalue weighted by Gasteiger charge is -2.30. The summed E-state index contributed by atoms with van der Waals surface area (Å²) in [6.07, 6.45) is 2.48. The second kappa shape index (κ2) is 8.74. The maximum atomic E-state index is 12.8. The molecule has 128 valence electrons. The van der Waals surface area contributed by atoms with E-state index < -0.39 is 0 Å². The molecule has 1 saturated carbocycles. The van der Waals surface area contributed by atoms with Crippen LogP contribution in [0, 0.1) is 5.92 Å². The largest absolute Gasteiger partial charge is 0.376 e. The molecule has 1 fully saturated rings. The van der Waals surface area contributed by atoms with Crippen LogP contribution in [0.3, 0.4) is 0 Å². The average molecular weight is 345 g/mol. The van der Waals surface area contributed by atoms with Crippen molar-refractivity contribution < 1.29 is 4.79 Å². The highest BCUT2D eigenvalue weighted by atomic mass is 35.5. The molecule has 2 aromatic rings. The number of anilines is 1. The summed E-state index contributed by atoms with van der Waals surface area (Å²) >= 11 is 0. The number of amides is 1. The molecule has 1 N–H and O–H groups in total. The molecule has 0 radical (unpaired) electrons. The molecular formula is C20H25ClN2O. The van der Waals surface area contributed by atoms with Crippen LogP contribution in [0.25, 0.3) is 0 Å². The smallest absolute Gasteiger partial charge is 0.242 e. The van der Waals surface area contributed by atoms with E-state index >= 15 is 0 Å². The Balaban J connectivity index is 0.00000208. The van der Waals surface area contributed by atoms with Gasteiger partial charge in [-0.1, -0.05) is 48.5 Å². The summed E-state index contributed by atoms with van der Waals surface area (Å²) in [5, 5.41) is 3.23. The first-order valence-corrected chi connectivity index (χ1v) is 8.36. The standard InChI is InChI=1S/C20H24N2O.ClH/c1-16(18-12-13-18)22(15-17-8-4-2-5-9-17)20(23)14-21-19-10-6-3-7-11-19;/h2-11,16,18,21H,12-15H2,1H3;1H. The Morgan fingerprint density at radius 3 is 2.25 bits per heavy atom. The van der Waals surface area contributed by atoms with E-state index in [-0.39, 0.29) is 18.3 Å². The number of carbonyl (C=O) groups is 1. The maximum absolute atomic E-state index is 12.8. The highest BCUT2D eigenvalue weighted by Gasteiger charge is 2.34. The predicted octanol–water partition coefficient (Wildman–Crippen LogP) is 4.35. The van der Waals surface area contributed by atoms with Crippen LogP contribution in [0.5, 0.6) is 0 Å². The number of para-hydroxylation sites is 1. The van der Waals surface area contributed by atoms with Crippen molar-refractivity contribution in [1.82, 2.24) is 4.90 Å². The van der Waals surface area contributed by atoms with E-state index in [9.17, 15) is 4.79 Å². The summed E-state index contributed by atoms with van der Waals surface area (Å²) in [6, 6.07) is 20.4. The topological polar surface area (TPSA) is 32.3 Å². The van der Waals surface area contributed by atoms with Gasteiger partial charge in [-0.15, -0.1) is 12.4 Å². The van der Waals surface area contributed by atoms with Crippen molar-refractivity contribution in [3.63, 3.8) is 0 Å². The van der Waals surface area contributed by atoms with Crippen LogP contribution in [-0.2, 0) is 11.3 Å². The summed E-state index contributed by atoms with van der Waals surface area (Å²) in [4.78, 5) is 14.8. The van der Waals surface area contributed by atoms with Gasteiger partial charge >= 0.3 is 0 Å². The lowest BCUT2D eigenvalue weighted by Crippen LogP contribution is -2.42. The number of hydrogen-bond donors (Lipinski definition) is 1. The fourth-order valence-electron chi connectivity index (χ4n) is 2.91. The van der Waals surface area contributed by atoms with Crippen molar-refractivity contribution >= 4 is 24.0 Å². The zero-order chi connectivity index (χ0) is 16.1. The Labute approximate surface area is 150 Å². The number of nitrogens with one attached hydrogen (secondary N) is 1. The van der Waals surface area contributed by atoms with Crippen LogP contribution in [0.2, 0.25) is 0 Å². The second-order valence-corrected chi connectivity index (χ2v) is 6.30. The first-order valence-electron chi connectivity index (χ1n) is 8.36. The molecule has 3 nitrogen and oxygen atoms in total. The second-order valence-electron chi connectivity index (χ2n) is 6.30. The first-order chi connectivity index (χ1) is 11.2. The lowest BCUT2D eigenvalue weighted by molar-refractivity contribution is -0.132. The van der Waals surface area contributed by atoms with E-state index in [1.54, 1.807) is 0 Å². The number of rotatable bonds is 7. The minimum atomic E-state index is 0. The monoisotopic (exact) mass is 344 g/mol. The Bertz CT molecular complexity index is 629. The minimum Gasteiger partial charge on any atom is -0.376 e. The van der Waals surface area contributed by atoms with Gasteiger partial charge in [0.05, 0.1) is 6.54 Å². The molecule has 1 atom stereocenters. The molecule has 0 saturated heterocycles. The van der Waals surface area contributed by atoms with Gasteiger partial charge in [-0.2, -0.15) is 0 Å². The Morgan fingerprint density at radius 2 is 1.67 bits per heavy atom. The van der Waals surface area contributed by atoms with Crippen LogP contribution in [0.4, 0.5) is 5.69 Å². The van der Waals surface area contributed by atoms with Crippen LogP contribution in [0.1, 0.15) is 25.3 Å². The third-order valence-electron chi connectivity index (χ3n) is 4.53. The predicted molar refractivity (Wildman–Crippen MR) is 101 cm³/mol. The normalized spacial score (nSPS) is 14.4. The molecule has 0 bridgehead atoms. The molecule has 2 aromatic carbocycles. The average Bonchev–Trinajstić information content (AvgIpc) is 3.44. The molecule has 0 spiro atoms. The van der Waals surface area contributed by atoms with Crippen LogP contribution >= 0.6 is 12.4 Å². The lowest BCUT2D eigenvalue weighted by atomic mass is 10.1. The molecule has 0 aromatic heterocycles. The van der Waals surface area contributed by atoms with E-state index in [2.05, 4.69) is 24.4 Å². The fraction of sp³-hybridized carbons (Fsp3) is 0.350. The number of halogens is 1. The van der Waals surface area contributed by atoms with Crippen LogP contribution in [0.15, 0.2) is 60.7 Å². The summed E-state index contributed by atoms with van der Waals surface area (Å²) in [5.74, 6) is 0.830. The number of benzene rings is 2. The van der Waals surface area contributed by atoms with Crippen molar-refractivity contribution in [2.45, 2.75) is 32.4 Å². The number of carbonyl (C=O) groups excluding carboxylic acids is 1. The van der Waals surface area contributed by atoms with Crippen LogP contribution < -0.4 is 5.32 Å². The SMILES string of the molecule is CC(C1CC1)N(Cc1ccccc1)C(=O)CNc1ccccc1.Cl. The highest BCUT2D eigenvalue weighted by molar-refractivity contribution is 5.85. The molecule has 4 heteroatoms. The van der Waals surface area contributed by atoms with Gasteiger partial charge in [0, 0.05) is 18.3 Å². The van der Waals surface area contributed by atoms with E-state index in [1.165, 1.54) is 18.4 Å². The summed E-state index contributed by atoms with van der Waals surface area (Å²) < 4.78 is 0. The molecule has 0 heterocycles. The minimum absolute atomic E-state index is 0. The van der Waals surface area contributed by atoms with Gasteiger partial charge in [0.25, 0.3) is 0 Å². The molecule has 1 amide bonds. The Morgan fingerprint density at radius 1 is 1.08 bits per heavy atom. The van der Waals surface area contributed by atoms with Gasteiger partial charge in [-0.05, 0) is 43.4 Å². The molecule has 3 rings (SSSR count). The third-order valence-corrected chi connectivity index (χ3v) is 4.53. The number of hydrogen-bond acceptors (Lipinski definition) is 2. The van der Waals surface area contributed by atoms with Crippen molar-refractivity contribution in [2.75, 3.05) is 11.9 Å². The fourth-order valence-corrected chi connectivity index (χ4v) is 2.91. The van der Waals surface area contributed by atoms with Gasteiger partial charge in [0.15, 0.2) is 0 Å². The van der Waals surface area contributed by atoms with Crippen molar-refractivity contribution in [2.24, 2.45) is 5.92 Å². The van der Waals surface area contributed by atoms with Gasteiger partial charge in [-0.3, -0.25) is 4.79 Å². The Hall–Kier alpha value is -2.00. The quantitative estimate of drug-likeness (QED) is 0.810. The van der Waals surface area contributed by atoms with Crippen molar-refractivity contribution in [3.8, 4) is 0 Å². The molecular weight excluding hydrogens is 320 g/mol. The maximum Gasteiger partial charge on any atom is 0.242 e. The number of nitrogens with zero attached hydrogens (tertiary/aromatic N) is 1. The Kier molecular flexibility index (Phi) is 6.68. The molecule has 0 aliphatic heterocycles. The van der Waals surface area contributed by atoms with Gasteiger partial charge in [-0.25, -0.2) is 0 Å². The third kappa shape index (κ3) is 5.00. The van der Waals surface area contributed by atoms with Gasteiger partial charge in [0.1, 0.15) is 0 Å². The van der Waals surface area contributed by atoms with E-state index in [1.807, 2.05) is 53.4 Å². The zero-order valence-corrected chi connectivity index (χ0v) is 14.8. The van der Waals surface area contributed by atoms with Crippen molar-refractivity contribution in [1.29, 1.82) is 0 Å². The highest BCUT2D eigenvalue weighted by Crippen LogP contribution is 2.35. The molecule has 1 aliphatic rings. The summed E-state index contributed by atoms with van der Waals surface area (Å²) in [5.41, 5.74) is 2.17. The van der Waals surface area contributed by atoms with E-state index in [0.717, 1.165) is 5.69 Å². The van der Waals surface area contributed by atoms with E-state index in [0.29, 0.717) is 25.0 Å². The molecule has 1 unspecified atom stereocenters. The summed E-state index contributed by atoms with van der Waals surface area (Å²) in [7, 11) is 0. The first kappa shape index (κ1) is 18.3. The summed E-state index contributed by atoms with van der Waals surface area (Å²) in [6.45, 7) is 3.21. The molecule has 24 heavy (non-hydrogen) atoms. The van der Waals surface area contributed by atoms with Crippen LogP contribution in [-0.4, -0.2) is 23.4 Å². The zero-order valence-electron chi connectivity index (χ0n) is 14.0. The van der Waals surface area contributed by atoms with Crippen molar-refractivity contribution in [3.05, 3.63) is 66.2 Å². The van der Waals surface area contributed by atoms with E-state index in [4.69, 9.17) is 0 Å². The molecule has 1 aliphatic carbocycles.